The van der Waals surface area contributed by atoms with Gasteiger partial charge in [-0.2, -0.15) is 0 Å². The van der Waals surface area contributed by atoms with Crippen LogP contribution >= 0.6 is 7.82 Å². The van der Waals surface area contributed by atoms with Gasteiger partial charge in [-0.15, -0.1) is 0 Å². The molecule has 9 heteroatoms. The van der Waals surface area contributed by atoms with Crippen molar-refractivity contribution in [2.24, 2.45) is 0 Å². The third-order valence-corrected chi connectivity index (χ3v) is 11.3. The van der Waals surface area contributed by atoms with E-state index < -0.39 is 25.9 Å². The Kier molecular flexibility index (Phi) is 27.8. The lowest BCUT2D eigenvalue weighted by Crippen LogP contribution is -2.47. The van der Waals surface area contributed by atoms with Gasteiger partial charge in [0.05, 0.1) is 31.4 Å². The predicted molar refractivity (Wildman–Crippen MR) is 214 cm³/mol. The molecule has 2 rings (SSSR count). The lowest BCUT2D eigenvalue weighted by Gasteiger charge is -2.26. The normalized spacial score (nSPS) is 15.2. The van der Waals surface area contributed by atoms with Gasteiger partial charge in [-0.05, 0) is 37.5 Å². The molecule has 0 bridgehead atoms. The van der Waals surface area contributed by atoms with Crippen LogP contribution in [0.15, 0.2) is 42.5 Å². The summed E-state index contributed by atoms with van der Waals surface area (Å²) in [6.07, 6.45) is 34.3. The van der Waals surface area contributed by atoms with Crippen LogP contribution in [0.25, 0.3) is 0 Å². The van der Waals surface area contributed by atoms with E-state index in [1.54, 1.807) is 24.3 Å². The van der Waals surface area contributed by atoms with Crippen molar-refractivity contribution in [3.63, 3.8) is 0 Å². The third kappa shape index (κ3) is 23.6. The van der Waals surface area contributed by atoms with Crippen LogP contribution in [0, 0.1) is 0 Å². The first-order valence-electron chi connectivity index (χ1n) is 21.2. The van der Waals surface area contributed by atoms with Crippen molar-refractivity contribution in [1.29, 1.82) is 0 Å². The number of phosphoric acid groups is 1. The van der Waals surface area contributed by atoms with Crippen LogP contribution in [0.2, 0.25) is 0 Å². The zero-order chi connectivity index (χ0) is 37.4. The Morgan fingerprint density at radius 3 is 1.65 bits per heavy atom. The topological polar surface area (TPSA) is 100 Å². The highest BCUT2D eigenvalue weighted by atomic mass is 31.2. The summed E-state index contributed by atoms with van der Waals surface area (Å²) in [6, 6.07) is 8.04. The van der Waals surface area contributed by atoms with Crippen LogP contribution < -0.4 is 5.32 Å². The zero-order valence-electron chi connectivity index (χ0n) is 33.0. The Balaban J connectivity index is 1.87. The Hall–Kier alpha value is -1.99. The van der Waals surface area contributed by atoms with Gasteiger partial charge in [0.2, 0.25) is 5.91 Å². The summed E-state index contributed by atoms with van der Waals surface area (Å²) in [6.45, 7) is 4.69. The summed E-state index contributed by atoms with van der Waals surface area (Å²) >= 11 is 0. The molecule has 1 aromatic carbocycles. The number of phosphoric ester groups is 1. The second-order valence-electron chi connectivity index (χ2n) is 14.6. The minimum Gasteiger partial charge on any atom is -0.452 e. The summed E-state index contributed by atoms with van der Waals surface area (Å²) in [5.74, 6) is -0.650. The average molecular weight is 748 g/mol. The number of carbonyl (C=O) groups excluding carboxylic acids is 2. The van der Waals surface area contributed by atoms with Crippen molar-refractivity contribution in [2.45, 2.75) is 193 Å². The minimum atomic E-state index is -3.73. The summed E-state index contributed by atoms with van der Waals surface area (Å²) in [5.41, 5.74) is 0.416. The number of hydrogen-bond donors (Lipinski definition) is 1. The quantitative estimate of drug-likeness (QED) is 0.0324. The summed E-state index contributed by atoms with van der Waals surface area (Å²) in [7, 11) is -3.73. The highest BCUT2D eigenvalue weighted by molar-refractivity contribution is 7.48. The lowest BCUT2D eigenvalue weighted by atomic mass is 10.0. The number of hydrogen-bond acceptors (Lipinski definition) is 7. The Morgan fingerprint density at radius 1 is 0.692 bits per heavy atom. The Morgan fingerprint density at radius 2 is 1.15 bits per heavy atom. The van der Waals surface area contributed by atoms with Crippen molar-refractivity contribution in [2.75, 3.05) is 19.8 Å². The van der Waals surface area contributed by atoms with Crippen LogP contribution in [0.4, 0.5) is 0 Å². The molecule has 0 spiro atoms. The third-order valence-electron chi connectivity index (χ3n) is 9.80. The molecular formula is C43H74NO7P. The molecule has 1 fully saturated rings. The molecule has 0 aliphatic carbocycles. The number of benzene rings is 1. The zero-order valence-corrected chi connectivity index (χ0v) is 33.9. The van der Waals surface area contributed by atoms with E-state index in [1.807, 2.05) is 18.2 Å². The molecule has 1 heterocycles. The molecule has 52 heavy (non-hydrogen) atoms. The molecule has 1 saturated heterocycles. The molecule has 298 valence electrons. The van der Waals surface area contributed by atoms with Gasteiger partial charge in [0, 0.05) is 6.42 Å². The maximum absolute atomic E-state index is 13.2. The van der Waals surface area contributed by atoms with Gasteiger partial charge in [0.25, 0.3) is 0 Å². The maximum Gasteiger partial charge on any atom is 0.475 e. The Bertz CT molecular complexity index is 1090. The molecule has 0 radical (unpaired) electrons. The predicted octanol–water partition coefficient (Wildman–Crippen LogP) is 12.6. The smallest absolute Gasteiger partial charge is 0.452 e. The monoisotopic (exact) mass is 748 g/mol. The van der Waals surface area contributed by atoms with Gasteiger partial charge in [-0.3, -0.25) is 18.4 Å². The van der Waals surface area contributed by atoms with Crippen LogP contribution in [0.1, 0.15) is 191 Å². The lowest BCUT2D eigenvalue weighted by molar-refractivity contribution is -0.123. The van der Waals surface area contributed by atoms with E-state index in [1.165, 1.54) is 122 Å². The molecule has 2 atom stereocenters. The summed E-state index contributed by atoms with van der Waals surface area (Å²) < 4.78 is 34.9. The van der Waals surface area contributed by atoms with E-state index in [2.05, 4.69) is 19.2 Å². The van der Waals surface area contributed by atoms with E-state index in [9.17, 15) is 14.2 Å². The maximum atomic E-state index is 13.2. The van der Waals surface area contributed by atoms with Crippen molar-refractivity contribution in [1.82, 2.24) is 5.32 Å². The number of ether oxygens (including phenoxy) is 1. The minimum absolute atomic E-state index is 0.150. The largest absolute Gasteiger partial charge is 0.475 e. The fourth-order valence-electron chi connectivity index (χ4n) is 6.56. The first-order chi connectivity index (χ1) is 25.5. The van der Waals surface area contributed by atoms with Gasteiger partial charge >= 0.3 is 13.8 Å². The van der Waals surface area contributed by atoms with Crippen molar-refractivity contribution >= 4 is 19.7 Å². The van der Waals surface area contributed by atoms with Crippen molar-refractivity contribution in [3.05, 3.63) is 48.0 Å². The molecule has 8 nitrogen and oxygen atoms in total. The van der Waals surface area contributed by atoms with Crippen LogP contribution in [-0.4, -0.2) is 43.8 Å². The number of unbranched alkanes of at least 4 members (excludes halogenated alkanes) is 23. The van der Waals surface area contributed by atoms with Gasteiger partial charge < -0.3 is 10.1 Å². The van der Waals surface area contributed by atoms with Gasteiger partial charge in [0.1, 0.15) is 6.10 Å². The SMILES string of the molecule is CCCCCCCCCCCCC/C=C/[C@@H](OC(=O)c1ccccc1)[C@H](COP1(=O)OCCO1)NC(=O)CCCCCCCCCCCCCCC. The summed E-state index contributed by atoms with van der Waals surface area (Å²) in [4.78, 5) is 26.4. The van der Waals surface area contributed by atoms with E-state index in [0.29, 0.717) is 12.0 Å². The number of nitrogens with one attached hydrogen (secondary N) is 1. The molecule has 0 unspecified atom stereocenters. The van der Waals surface area contributed by atoms with E-state index in [-0.39, 0.29) is 25.7 Å². The standard InChI is InChI=1S/C43H74NO7P/c1-3-5-7-9-11-13-15-17-19-21-23-25-30-34-41(51-43(46)39-32-28-27-29-33-39)40(38-50-52(47)48-36-37-49-52)44-42(45)35-31-26-24-22-20-18-16-14-12-10-8-6-4-2/h27-30,32-34,40-41H,3-26,31,35-38H2,1-2H3,(H,44,45)/b34-30+/t40-,41+/m0/s1. The van der Waals surface area contributed by atoms with E-state index >= 15 is 0 Å². The molecular weight excluding hydrogens is 673 g/mol. The fourth-order valence-corrected chi connectivity index (χ4v) is 7.72. The summed E-state index contributed by atoms with van der Waals surface area (Å²) in [5, 5.41) is 3.03. The van der Waals surface area contributed by atoms with Crippen molar-refractivity contribution in [3.8, 4) is 0 Å². The molecule has 1 aromatic rings. The highest BCUT2D eigenvalue weighted by Gasteiger charge is 2.35. The molecule has 1 N–H and O–H groups in total. The molecule has 0 aromatic heterocycles. The van der Waals surface area contributed by atoms with E-state index in [4.69, 9.17) is 18.3 Å². The second kappa shape index (κ2) is 31.4. The van der Waals surface area contributed by atoms with Gasteiger partial charge in [-0.1, -0.05) is 179 Å². The van der Waals surface area contributed by atoms with Crippen LogP contribution in [0.3, 0.4) is 0 Å². The molecule has 1 amide bonds. The van der Waals surface area contributed by atoms with Crippen molar-refractivity contribution < 1.29 is 32.5 Å². The second-order valence-corrected chi connectivity index (χ2v) is 16.2. The van der Waals surface area contributed by atoms with Crippen LogP contribution in [-0.2, 0) is 27.7 Å². The number of amides is 1. The fraction of sp³-hybridized carbons (Fsp3) is 0.767. The van der Waals surface area contributed by atoms with Gasteiger partial charge in [0.15, 0.2) is 0 Å². The molecule has 1 aliphatic rings. The number of rotatable bonds is 34. The van der Waals surface area contributed by atoms with Crippen LogP contribution in [0.5, 0.6) is 0 Å². The first-order valence-corrected chi connectivity index (χ1v) is 22.7. The molecule has 1 aliphatic heterocycles. The number of allylic oxidation sites excluding steroid dienone is 1. The highest BCUT2D eigenvalue weighted by Crippen LogP contribution is 2.52. The first kappa shape index (κ1) is 46.2. The van der Waals surface area contributed by atoms with E-state index in [0.717, 1.165) is 38.5 Å². The number of carbonyl (C=O) groups is 2. The average Bonchev–Trinajstić information content (AvgIpc) is 3.60. The molecule has 0 saturated carbocycles. The van der Waals surface area contributed by atoms with Gasteiger partial charge in [-0.25, -0.2) is 9.36 Å². The Labute approximate surface area is 317 Å². The number of esters is 1.